The molecule has 0 heterocycles. The Hall–Kier alpha value is -1.39. The first kappa shape index (κ1) is 27.6. The van der Waals surface area contributed by atoms with Crippen molar-refractivity contribution in [2.75, 3.05) is 7.11 Å². The summed E-state index contributed by atoms with van der Waals surface area (Å²) >= 11 is 0. The topological polar surface area (TPSA) is 69.7 Å². The van der Waals surface area contributed by atoms with Crippen LogP contribution < -0.4 is 0 Å². The van der Waals surface area contributed by atoms with Crippen LogP contribution in [0.4, 0.5) is 0 Å². The summed E-state index contributed by atoms with van der Waals surface area (Å²) < 4.78 is 10.3. The molecule has 170 valence electrons. The average molecular weight is 413 g/mol. The van der Waals surface area contributed by atoms with Crippen molar-refractivity contribution in [2.24, 2.45) is 11.3 Å². The minimum absolute atomic E-state index is 0.0211. The van der Waals surface area contributed by atoms with Crippen LogP contribution in [-0.2, 0) is 23.9 Å². The Morgan fingerprint density at radius 3 is 1.97 bits per heavy atom. The number of rotatable bonds is 17. The molecule has 0 aliphatic rings. The van der Waals surface area contributed by atoms with E-state index in [0.717, 1.165) is 77.0 Å². The number of esters is 2. The van der Waals surface area contributed by atoms with Crippen LogP contribution in [0.15, 0.2) is 0 Å². The molecule has 0 radical (unpaired) electrons. The molecule has 0 aliphatic carbocycles. The van der Waals surface area contributed by atoms with Gasteiger partial charge in [0.25, 0.3) is 0 Å². The van der Waals surface area contributed by atoms with Crippen molar-refractivity contribution in [3.05, 3.63) is 0 Å². The Bertz CT molecular complexity index is 484. The number of carbonyl (C=O) groups excluding carboxylic acids is 3. The van der Waals surface area contributed by atoms with Crippen LogP contribution in [-0.4, -0.2) is 30.9 Å². The highest BCUT2D eigenvalue weighted by atomic mass is 16.5. The Morgan fingerprint density at radius 1 is 0.828 bits per heavy atom. The molecule has 0 N–H and O–H groups in total. The van der Waals surface area contributed by atoms with E-state index in [9.17, 15) is 14.4 Å². The second-order valence-corrected chi connectivity index (χ2v) is 8.94. The van der Waals surface area contributed by atoms with Gasteiger partial charge in [0.2, 0.25) is 0 Å². The van der Waals surface area contributed by atoms with Crippen molar-refractivity contribution >= 4 is 17.7 Å². The molecule has 0 aromatic heterocycles. The second-order valence-electron chi connectivity index (χ2n) is 8.94. The van der Waals surface area contributed by atoms with E-state index in [2.05, 4.69) is 6.92 Å². The largest absolute Gasteiger partial charge is 0.469 e. The molecule has 0 spiro atoms. The number of hydrogen-bond donors (Lipinski definition) is 0. The fraction of sp³-hybridized carbons (Fsp3) is 0.875. The molecule has 5 nitrogen and oxygen atoms in total. The number of carbonyl (C=O) groups is 3. The van der Waals surface area contributed by atoms with Gasteiger partial charge in [0.1, 0.15) is 11.9 Å². The molecule has 0 rings (SSSR count). The van der Waals surface area contributed by atoms with Gasteiger partial charge >= 0.3 is 11.9 Å². The zero-order valence-electron chi connectivity index (χ0n) is 19.7. The third-order valence-electron chi connectivity index (χ3n) is 5.71. The lowest BCUT2D eigenvalue weighted by molar-refractivity contribution is -0.151. The first-order chi connectivity index (χ1) is 13.6. The third-order valence-corrected chi connectivity index (χ3v) is 5.71. The molecule has 2 unspecified atom stereocenters. The quantitative estimate of drug-likeness (QED) is 0.216. The van der Waals surface area contributed by atoms with E-state index < -0.39 is 5.41 Å². The molecule has 2 atom stereocenters. The summed E-state index contributed by atoms with van der Waals surface area (Å²) in [6.45, 7) is 9.13. The van der Waals surface area contributed by atoms with Crippen LogP contribution in [0.25, 0.3) is 0 Å². The number of hydrogen-bond acceptors (Lipinski definition) is 5. The zero-order chi connectivity index (χ0) is 22.3. The zero-order valence-corrected chi connectivity index (χ0v) is 19.7. The minimum Gasteiger partial charge on any atom is -0.469 e. The van der Waals surface area contributed by atoms with Gasteiger partial charge in [-0.25, -0.2) is 0 Å². The summed E-state index contributed by atoms with van der Waals surface area (Å²) in [5, 5.41) is 0. The number of Topliss-reactive ketones (excluding diaryl/α,β-unsaturated/α-hetero) is 1. The summed E-state index contributed by atoms with van der Waals surface area (Å²) in [6, 6.07) is 0. The van der Waals surface area contributed by atoms with Crippen LogP contribution in [0, 0.1) is 11.3 Å². The first-order valence-electron chi connectivity index (χ1n) is 11.4. The van der Waals surface area contributed by atoms with Gasteiger partial charge in [0.15, 0.2) is 0 Å². The van der Waals surface area contributed by atoms with Crippen molar-refractivity contribution < 1.29 is 23.9 Å². The summed E-state index contributed by atoms with van der Waals surface area (Å²) in [4.78, 5) is 35.1. The average Bonchev–Trinajstić information content (AvgIpc) is 2.64. The van der Waals surface area contributed by atoms with Crippen LogP contribution >= 0.6 is 0 Å². The SMILES string of the molecule is CCCCCC(CCCC(CCCCCC(C)(C)C(=O)OC)C(C)=O)OC(C)=O. The van der Waals surface area contributed by atoms with Crippen molar-refractivity contribution in [1.82, 2.24) is 0 Å². The number of ether oxygens (including phenoxy) is 2. The Morgan fingerprint density at radius 2 is 1.41 bits per heavy atom. The Labute approximate surface area is 178 Å². The highest BCUT2D eigenvalue weighted by Crippen LogP contribution is 2.26. The predicted octanol–water partition coefficient (Wildman–Crippen LogP) is 6.02. The fourth-order valence-electron chi connectivity index (χ4n) is 3.77. The summed E-state index contributed by atoms with van der Waals surface area (Å²) in [5.41, 5.74) is -0.446. The van der Waals surface area contributed by atoms with E-state index in [4.69, 9.17) is 9.47 Å². The summed E-state index contributed by atoms with van der Waals surface area (Å²) in [6.07, 6.45) is 11.5. The van der Waals surface area contributed by atoms with E-state index in [0.29, 0.717) is 0 Å². The monoisotopic (exact) mass is 412 g/mol. The van der Waals surface area contributed by atoms with E-state index >= 15 is 0 Å². The van der Waals surface area contributed by atoms with Crippen LogP contribution in [0.1, 0.15) is 112 Å². The first-order valence-corrected chi connectivity index (χ1v) is 11.4. The van der Waals surface area contributed by atoms with Gasteiger partial charge in [-0.05, 0) is 65.7 Å². The van der Waals surface area contributed by atoms with Gasteiger partial charge in [-0.15, -0.1) is 0 Å². The molecular weight excluding hydrogens is 368 g/mol. The molecule has 0 amide bonds. The fourth-order valence-corrected chi connectivity index (χ4v) is 3.77. The van der Waals surface area contributed by atoms with Crippen molar-refractivity contribution in [3.63, 3.8) is 0 Å². The van der Waals surface area contributed by atoms with Crippen molar-refractivity contribution in [1.29, 1.82) is 0 Å². The highest BCUT2D eigenvalue weighted by molar-refractivity contribution is 5.78. The summed E-state index contributed by atoms with van der Waals surface area (Å²) in [5.74, 6) is -0.0583. The second kappa shape index (κ2) is 15.4. The van der Waals surface area contributed by atoms with Crippen LogP contribution in [0.2, 0.25) is 0 Å². The predicted molar refractivity (Wildman–Crippen MR) is 117 cm³/mol. The number of ketones is 1. The number of unbranched alkanes of at least 4 members (excludes halogenated alkanes) is 4. The maximum atomic E-state index is 12.0. The highest BCUT2D eigenvalue weighted by Gasteiger charge is 2.27. The van der Waals surface area contributed by atoms with E-state index in [1.165, 1.54) is 14.0 Å². The van der Waals surface area contributed by atoms with Gasteiger partial charge in [0.05, 0.1) is 12.5 Å². The lowest BCUT2D eigenvalue weighted by Gasteiger charge is -2.21. The van der Waals surface area contributed by atoms with Gasteiger partial charge in [-0.1, -0.05) is 39.0 Å². The smallest absolute Gasteiger partial charge is 0.311 e. The van der Waals surface area contributed by atoms with Crippen molar-refractivity contribution in [3.8, 4) is 0 Å². The van der Waals surface area contributed by atoms with E-state index in [1.54, 1.807) is 6.92 Å². The van der Waals surface area contributed by atoms with Gasteiger partial charge in [0, 0.05) is 12.8 Å². The molecule has 0 saturated carbocycles. The standard InChI is InChI=1S/C24H44O5/c1-7-8-10-16-22(29-20(3)26)17-13-15-21(19(2)25)14-11-9-12-18-24(4,5)23(27)28-6/h21-22H,7-18H2,1-6H3. The van der Waals surface area contributed by atoms with Crippen LogP contribution in [0.3, 0.4) is 0 Å². The van der Waals surface area contributed by atoms with E-state index in [-0.39, 0.29) is 29.7 Å². The molecule has 0 bridgehead atoms. The summed E-state index contributed by atoms with van der Waals surface area (Å²) in [7, 11) is 1.43. The molecule has 0 aromatic rings. The lowest BCUT2D eigenvalue weighted by atomic mass is 9.86. The lowest BCUT2D eigenvalue weighted by Crippen LogP contribution is -2.25. The molecule has 0 fully saturated rings. The minimum atomic E-state index is -0.446. The maximum Gasteiger partial charge on any atom is 0.311 e. The van der Waals surface area contributed by atoms with Gasteiger partial charge in [-0.2, -0.15) is 0 Å². The third kappa shape index (κ3) is 13.5. The molecule has 0 aliphatic heterocycles. The normalized spacial score (nSPS) is 13.6. The molecule has 29 heavy (non-hydrogen) atoms. The molecular formula is C24H44O5. The molecule has 0 aromatic carbocycles. The van der Waals surface area contributed by atoms with Gasteiger partial charge in [-0.3, -0.25) is 14.4 Å². The maximum absolute atomic E-state index is 12.0. The number of methoxy groups -OCH3 is 1. The Kier molecular flexibility index (Phi) is 14.7. The molecule has 0 saturated heterocycles. The van der Waals surface area contributed by atoms with Gasteiger partial charge < -0.3 is 9.47 Å². The molecule has 5 heteroatoms. The van der Waals surface area contributed by atoms with Crippen molar-refractivity contribution in [2.45, 2.75) is 118 Å². The Balaban J connectivity index is 4.25. The van der Waals surface area contributed by atoms with E-state index in [1.807, 2.05) is 13.8 Å². The van der Waals surface area contributed by atoms with Crippen LogP contribution in [0.5, 0.6) is 0 Å².